The van der Waals surface area contributed by atoms with Gasteiger partial charge in [-0.1, -0.05) is 57.4 Å². The third-order valence-electron chi connectivity index (χ3n) is 2.38. The zero-order valence-electron chi connectivity index (χ0n) is 11.3. The maximum atomic E-state index is 9.70. The van der Waals surface area contributed by atoms with Crippen LogP contribution in [0.4, 0.5) is 0 Å². The Morgan fingerprint density at radius 3 is 2.68 bits per heavy atom. The second-order valence-electron chi connectivity index (χ2n) is 3.52. The molecule has 1 aromatic carbocycles. The molecule has 0 saturated carbocycles. The molecule has 98 valence electrons. The number of phenols is 1. The van der Waals surface area contributed by atoms with Crippen molar-refractivity contribution in [3.8, 4) is 5.75 Å². The van der Waals surface area contributed by atoms with E-state index in [9.17, 15) is 5.11 Å². The first kappa shape index (κ1) is 14.6. The number of fused-ring (bicyclic) bond motifs is 1. The number of benzene rings is 1. The molecule has 0 aliphatic heterocycles. The summed E-state index contributed by atoms with van der Waals surface area (Å²) in [7, 11) is 0. The summed E-state index contributed by atoms with van der Waals surface area (Å²) in [5, 5.41) is 10.5. The molecule has 0 spiro atoms. The Morgan fingerprint density at radius 1 is 1.26 bits per heavy atom. The number of aromatic hydroxyl groups is 1. The Hall–Kier alpha value is -2.42. The van der Waals surface area contributed by atoms with Gasteiger partial charge in [0.2, 0.25) is 0 Å². The number of nitrogens with zero attached hydrogens (tertiary/aromatic N) is 2. The number of rotatable bonds is 3. The number of phenolic OH excluding ortho intramolecular Hbond substituents is 1. The Kier molecular flexibility index (Phi) is 5.48. The van der Waals surface area contributed by atoms with E-state index in [0.717, 1.165) is 11.0 Å². The van der Waals surface area contributed by atoms with Gasteiger partial charge in [0, 0.05) is 5.39 Å². The first-order valence-corrected chi connectivity index (χ1v) is 6.15. The highest BCUT2D eigenvalue weighted by Crippen LogP contribution is 2.26. The number of hydrogen-bond donors (Lipinski definition) is 1. The van der Waals surface area contributed by atoms with Crippen molar-refractivity contribution in [3.63, 3.8) is 0 Å². The van der Waals surface area contributed by atoms with Crippen LogP contribution in [-0.4, -0.2) is 15.1 Å². The number of aromatic nitrogens is 2. The van der Waals surface area contributed by atoms with Crippen LogP contribution in [0.15, 0.2) is 55.9 Å². The van der Waals surface area contributed by atoms with Crippen molar-refractivity contribution in [2.75, 3.05) is 0 Å². The highest BCUT2D eigenvalue weighted by atomic mass is 16.3. The van der Waals surface area contributed by atoms with Crippen LogP contribution in [0.25, 0.3) is 16.5 Å². The van der Waals surface area contributed by atoms with Gasteiger partial charge in [-0.3, -0.25) is 0 Å². The summed E-state index contributed by atoms with van der Waals surface area (Å²) in [5.41, 5.74) is 2.00. The average molecular weight is 254 g/mol. The van der Waals surface area contributed by atoms with Crippen LogP contribution in [0.3, 0.4) is 0 Å². The molecule has 0 radical (unpaired) electrons. The van der Waals surface area contributed by atoms with E-state index in [2.05, 4.69) is 23.1 Å². The summed E-state index contributed by atoms with van der Waals surface area (Å²) >= 11 is 0. The molecule has 0 saturated heterocycles. The first-order chi connectivity index (χ1) is 9.24. The lowest BCUT2D eigenvalue weighted by atomic mass is 10.1. The molecule has 0 bridgehead atoms. The van der Waals surface area contributed by atoms with Crippen LogP contribution in [-0.2, 0) is 0 Å². The summed E-state index contributed by atoms with van der Waals surface area (Å²) in [6.07, 6.45) is 6.70. The molecule has 0 amide bonds. The predicted molar refractivity (Wildman–Crippen MR) is 80.9 cm³/mol. The molecule has 2 aromatic rings. The first-order valence-electron chi connectivity index (χ1n) is 6.15. The normalized spacial score (nSPS) is 10.0. The zero-order chi connectivity index (χ0) is 14.3. The van der Waals surface area contributed by atoms with E-state index in [1.54, 1.807) is 24.3 Å². The van der Waals surface area contributed by atoms with Crippen LogP contribution in [0.2, 0.25) is 0 Å². The zero-order valence-corrected chi connectivity index (χ0v) is 11.3. The summed E-state index contributed by atoms with van der Waals surface area (Å²) in [4.78, 5) is 8.25. The lowest BCUT2D eigenvalue weighted by molar-refractivity contribution is 0.480. The van der Waals surface area contributed by atoms with Crippen LogP contribution in [0.1, 0.15) is 19.5 Å². The topological polar surface area (TPSA) is 46.0 Å². The third-order valence-corrected chi connectivity index (χ3v) is 2.38. The van der Waals surface area contributed by atoms with Crippen molar-refractivity contribution in [1.82, 2.24) is 9.97 Å². The molecule has 3 heteroatoms. The van der Waals surface area contributed by atoms with E-state index < -0.39 is 0 Å². The second kappa shape index (κ2) is 7.11. The Morgan fingerprint density at radius 2 is 2.00 bits per heavy atom. The molecule has 0 aliphatic rings. The molecule has 0 fully saturated rings. The molecule has 1 heterocycles. The average Bonchev–Trinajstić information content (AvgIpc) is 2.47. The number of hydrogen-bond acceptors (Lipinski definition) is 3. The highest BCUT2D eigenvalue weighted by Gasteiger charge is 2.07. The quantitative estimate of drug-likeness (QED) is 0.838. The van der Waals surface area contributed by atoms with Crippen molar-refractivity contribution in [2.45, 2.75) is 13.8 Å². The van der Waals surface area contributed by atoms with Gasteiger partial charge in [-0.25, -0.2) is 9.97 Å². The molecular weight excluding hydrogens is 236 g/mol. The maximum Gasteiger partial charge on any atom is 0.141 e. The lowest BCUT2D eigenvalue weighted by Gasteiger charge is -2.05. The molecular formula is C16H18N2O. The summed E-state index contributed by atoms with van der Waals surface area (Å²) in [6.45, 7) is 11.5. The van der Waals surface area contributed by atoms with E-state index in [1.165, 1.54) is 6.33 Å². The fourth-order valence-corrected chi connectivity index (χ4v) is 1.59. The van der Waals surface area contributed by atoms with Crippen molar-refractivity contribution >= 4 is 16.5 Å². The van der Waals surface area contributed by atoms with Crippen LogP contribution in [0.5, 0.6) is 5.75 Å². The van der Waals surface area contributed by atoms with E-state index >= 15 is 0 Å². The largest absolute Gasteiger partial charge is 0.506 e. The van der Waals surface area contributed by atoms with Gasteiger partial charge in [-0.2, -0.15) is 0 Å². The van der Waals surface area contributed by atoms with Crippen molar-refractivity contribution in [3.05, 3.63) is 61.6 Å². The minimum atomic E-state index is 0.145. The van der Waals surface area contributed by atoms with Crippen LogP contribution >= 0.6 is 0 Å². The molecule has 1 aromatic heterocycles. The minimum absolute atomic E-state index is 0.145. The maximum absolute atomic E-state index is 9.70. The predicted octanol–water partition coefficient (Wildman–Crippen LogP) is 4.12. The van der Waals surface area contributed by atoms with Crippen molar-refractivity contribution in [2.24, 2.45) is 0 Å². The summed E-state index contributed by atoms with van der Waals surface area (Å²) in [6, 6.07) is 5.22. The molecule has 2 rings (SSSR count). The van der Waals surface area contributed by atoms with Crippen molar-refractivity contribution < 1.29 is 5.11 Å². The second-order valence-corrected chi connectivity index (χ2v) is 3.52. The highest BCUT2D eigenvalue weighted by molar-refractivity contribution is 5.94. The van der Waals surface area contributed by atoms with Gasteiger partial charge in [0.25, 0.3) is 0 Å². The van der Waals surface area contributed by atoms with Gasteiger partial charge < -0.3 is 5.11 Å². The van der Waals surface area contributed by atoms with Gasteiger partial charge in [0.15, 0.2) is 0 Å². The van der Waals surface area contributed by atoms with E-state index in [1.807, 2.05) is 26.0 Å². The van der Waals surface area contributed by atoms with Gasteiger partial charge in [-0.05, 0) is 11.6 Å². The Balaban J connectivity index is 0.000000861. The lowest BCUT2D eigenvalue weighted by Crippen LogP contribution is -1.91. The molecule has 19 heavy (non-hydrogen) atoms. The smallest absolute Gasteiger partial charge is 0.141 e. The minimum Gasteiger partial charge on any atom is -0.506 e. The molecule has 0 aliphatic carbocycles. The molecule has 3 nitrogen and oxygen atoms in total. The fourth-order valence-electron chi connectivity index (χ4n) is 1.59. The number of para-hydroxylation sites is 1. The Labute approximate surface area is 113 Å². The summed E-state index contributed by atoms with van der Waals surface area (Å²) < 4.78 is 0. The fraction of sp³-hybridized carbons (Fsp3) is 0.125. The van der Waals surface area contributed by atoms with Crippen LogP contribution < -0.4 is 0 Å². The van der Waals surface area contributed by atoms with Gasteiger partial charge >= 0.3 is 0 Å². The van der Waals surface area contributed by atoms with E-state index in [-0.39, 0.29) is 5.75 Å². The molecule has 0 atom stereocenters. The van der Waals surface area contributed by atoms with Gasteiger partial charge in [0.1, 0.15) is 17.6 Å². The van der Waals surface area contributed by atoms with Gasteiger partial charge in [0.05, 0.1) is 5.69 Å². The third kappa shape index (κ3) is 3.28. The molecule has 1 N–H and O–H groups in total. The Bertz CT molecular complexity index is 615. The monoisotopic (exact) mass is 254 g/mol. The van der Waals surface area contributed by atoms with Gasteiger partial charge in [-0.15, -0.1) is 0 Å². The van der Waals surface area contributed by atoms with E-state index in [0.29, 0.717) is 11.2 Å². The number of allylic oxidation sites excluding steroid dienone is 4. The van der Waals surface area contributed by atoms with E-state index in [4.69, 9.17) is 0 Å². The van der Waals surface area contributed by atoms with Crippen molar-refractivity contribution in [1.29, 1.82) is 0 Å². The summed E-state index contributed by atoms with van der Waals surface area (Å²) in [5.74, 6) is 0.145. The standard InChI is InChI=1S/C14H12N2O.C2H6/c1-3-4-6-10(2)13-11-7-5-8-12(17)14(11)16-9-15-13;1-2/h3-9,17H,1-2H2;1-2H3/b6-4-;. The molecule has 0 unspecified atom stereocenters. The van der Waals surface area contributed by atoms with Crippen LogP contribution in [0, 0.1) is 0 Å². The SMILES string of the molecule is C=C/C=C\C(=C)c1ncnc2c(O)cccc12.CC.